The molecule has 3 aromatic rings. The topological polar surface area (TPSA) is 85.1 Å². The van der Waals surface area contributed by atoms with Crippen LogP contribution in [0.2, 0.25) is 0 Å². The van der Waals surface area contributed by atoms with E-state index in [9.17, 15) is 4.79 Å². The maximum atomic E-state index is 12.8. The molecule has 6 nitrogen and oxygen atoms in total. The summed E-state index contributed by atoms with van der Waals surface area (Å²) < 4.78 is 0. The number of hydrazone groups is 1. The van der Waals surface area contributed by atoms with E-state index in [1.165, 1.54) is 0 Å². The van der Waals surface area contributed by atoms with Crippen LogP contribution in [0.15, 0.2) is 66.0 Å². The van der Waals surface area contributed by atoms with Gasteiger partial charge in [0, 0.05) is 24.4 Å². The zero-order valence-electron chi connectivity index (χ0n) is 13.8. The Hall–Kier alpha value is -3.72. The molecule has 6 heteroatoms. The third-order valence-electron chi connectivity index (χ3n) is 4.39. The second kappa shape index (κ2) is 6.65. The van der Waals surface area contributed by atoms with Crippen LogP contribution in [-0.2, 0) is 0 Å². The van der Waals surface area contributed by atoms with Crippen LogP contribution < -0.4 is 5.01 Å². The van der Waals surface area contributed by atoms with Gasteiger partial charge < -0.3 is 4.98 Å². The summed E-state index contributed by atoms with van der Waals surface area (Å²) in [7, 11) is 0. The highest BCUT2D eigenvalue weighted by Crippen LogP contribution is 2.33. The lowest BCUT2D eigenvalue weighted by Gasteiger charge is -2.31. The number of rotatable bonds is 4. The molecule has 2 aromatic carbocycles. The van der Waals surface area contributed by atoms with Crippen molar-refractivity contribution >= 4 is 17.9 Å². The SMILES string of the molecule is N#Cc1ccc(C(=O)CC2c3ccccc3C=NN2c2ncc[nH]2)cc1. The minimum absolute atomic E-state index is 0.0112. The second-order valence-corrected chi connectivity index (χ2v) is 5.96. The highest BCUT2D eigenvalue weighted by atomic mass is 16.1. The van der Waals surface area contributed by atoms with Crippen LogP contribution in [0.5, 0.6) is 0 Å². The van der Waals surface area contributed by atoms with E-state index in [1.54, 1.807) is 47.9 Å². The van der Waals surface area contributed by atoms with Crippen LogP contribution in [0.4, 0.5) is 5.95 Å². The zero-order chi connectivity index (χ0) is 17.9. The normalized spacial score (nSPS) is 15.3. The van der Waals surface area contributed by atoms with Crippen molar-refractivity contribution in [3.05, 3.63) is 83.2 Å². The van der Waals surface area contributed by atoms with Crippen molar-refractivity contribution in [1.29, 1.82) is 5.26 Å². The number of hydrogen-bond acceptors (Lipinski definition) is 5. The number of benzene rings is 2. The molecule has 0 amide bonds. The molecule has 126 valence electrons. The van der Waals surface area contributed by atoms with Gasteiger partial charge in [0.05, 0.1) is 23.9 Å². The number of H-pyrrole nitrogens is 1. The average Bonchev–Trinajstić information content (AvgIpc) is 3.23. The predicted molar refractivity (Wildman–Crippen MR) is 97.9 cm³/mol. The smallest absolute Gasteiger partial charge is 0.224 e. The molecule has 0 fully saturated rings. The van der Waals surface area contributed by atoms with Gasteiger partial charge >= 0.3 is 0 Å². The van der Waals surface area contributed by atoms with E-state index in [2.05, 4.69) is 21.1 Å². The van der Waals surface area contributed by atoms with Gasteiger partial charge in [0.25, 0.3) is 0 Å². The van der Waals surface area contributed by atoms with E-state index in [-0.39, 0.29) is 18.2 Å². The first-order valence-electron chi connectivity index (χ1n) is 8.21. The van der Waals surface area contributed by atoms with Crippen LogP contribution in [0.3, 0.4) is 0 Å². The standard InChI is InChI=1S/C20H15N5O/c21-12-14-5-7-15(8-6-14)19(26)11-18-17-4-2-1-3-16(17)13-24-25(18)20-22-9-10-23-20/h1-10,13,18H,11H2,(H,22,23). The molecule has 0 radical (unpaired) electrons. The highest BCUT2D eigenvalue weighted by molar-refractivity contribution is 5.97. The quantitative estimate of drug-likeness (QED) is 0.737. The van der Waals surface area contributed by atoms with Gasteiger partial charge in [-0.25, -0.2) is 9.99 Å². The van der Waals surface area contributed by atoms with E-state index in [4.69, 9.17) is 5.26 Å². The van der Waals surface area contributed by atoms with Gasteiger partial charge in [0.1, 0.15) is 0 Å². The Kier molecular flexibility index (Phi) is 4.04. The van der Waals surface area contributed by atoms with Crippen LogP contribution in [-0.4, -0.2) is 22.0 Å². The minimum atomic E-state index is -0.259. The number of nitrogens with zero attached hydrogens (tertiary/aromatic N) is 4. The van der Waals surface area contributed by atoms with Gasteiger partial charge in [0.2, 0.25) is 5.95 Å². The van der Waals surface area contributed by atoms with E-state index in [1.807, 2.05) is 24.3 Å². The molecule has 1 N–H and O–H groups in total. The molecule has 4 rings (SSSR count). The van der Waals surface area contributed by atoms with Gasteiger partial charge in [-0.15, -0.1) is 0 Å². The zero-order valence-corrected chi connectivity index (χ0v) is 13.8. The molecule has 0 saturated carbocycles. The fourth-order valence-corrected chi connectivity index (χ4v) is 3.07. The Morgan fingerprint density at radius 2 is 2.00 bits per heavy atom. The number of nitrogens with one attached hydrogen (secondary N) is 1. The summed E-state index contributed by atoms with van der Waals surface area (Å²) in [4.78, 5) is 20.2. The van der Waals surface area contributed by atoms with E-state index < -0.39 is 0 Å². The van der Waals surface area contributed by atoms with E-state index in [0.717, 1.165) is 11.1 Å². The molecular formula is C20H15N5O. The number of carbonyl (C=O) groups excluding carboxylic acids is 1. The number of ketones is 1. The molecule has 1 unspecified atom stereocenters. The maximum Gasteiger partial charge on any atom is 0.224 e. The third-order valence-corrected chi connectivity index (χ3v) is 4.39. The summed E-state index contributed by atoms with van der Waals surface area (Å²) in [6.07, 6.45) is 5.41. The first-order chi connectivity index (χ1) is 12.8. The lowest BCUT2D eigenvalue weighted by Crippen LogP contribution is -2.30. The number of fused-ring (bicyclic) bond motifs is 1. The lowest BCUT2D eigenvalue weighted by atomic mass is 9.93. The van der Waals surface area contributed by atoms with Crippen molar-refractivity contribution in [3.8, 4) is 6.07 Å². The molecule has 1 aliphatic heterocycles. The van der Waals surface area contributed by atoms with Gasteiger partial charge in [0.15, 0.2) is 5.78 Å². The average molecular weight is 341 g/mol. The number of aromatic amines is 1. The number of Topliss-reactive ketones (excluding diaryl/α,β-unsaturated/α-hetero) is 1. The van der Waals surface area contributed by atoms with Crippen molar-refractivity contribution in [3.63, 3.8) is 0 Å². The summed E-state index contributed by atoms with van der Waals surface area (Å²) in [6.45, 7) is 0. The number of hydrogen-bond donors (Lipinski definition) is 1. The van der Waals surface area contributed by atoms with Gasteiger partial charge in [-0.05, 0) is 23.3 Å². The van der Waals surface area contributed by atoms with Crippen LogP contribution >= 0.6 is 0 Å². The van der Waals surface area contributed by atoms with Crippen molar-refractivity contribution in [2.75, 3.05) is 5.01 Å². The molecule has 1 aromatic heterocycles. The molecule has 2 heterocycles. The van der Waals surface area contributed by atoms with Crippen molar-refractivity contribution in [2.45, 2.75) is 12.5 Å². The van der Waals surface area contributed by atoms with Crippen LogP contribution in [0, 0.1) is 11.3 Å². The number of imidazole rings is 1. The molecule has 0 bridgehead atoms. The largest absolute Gasteiger partial charge is 0.329 e. The second-order valence-electron chi connectivity index (χ2n) is 5.96. The highest BCUT2D eigenvalue weighted by Gasteiger charge is 2.29. The monoisotopic (exact) mass is 341 g/mol. The molecular weight excluding hydrogens is 326 g/mol. The maximum absolute atomic E-state index is 12.8. The molecule has 1 aliphatic rings. The van der Waals surface area contributed by atoms with Crippen LogP contribution in [0.25, 0.3) is 0 Å². The Balaban J connectivity index is 1.67. The summed E-state index contributed by atoms with van der Waals surface area (Å²) in [6, 6.07) is 16.4. The summed E-state index contributed by atoms with van der Waals surface area (Å²) in [5.41, 5.74) is 3.13. The number of carbonyl (C=O) groups is 1. The Morgan fingerprint density at radius 3 is 2.73 bits per heavy atom. The van der Waals surface area contributed by atoms with E-state index >= 15 is 0 Å². The van der Waals surface area contributed by atoms with Crippen molar-refractivity contribution in [1.82, 2.24) is 9.97 Å². The van der Waals surface area contributed by atoms with E-state index in [0.29, 0.717) is 17.1 Å². The first-order valence-corrected chi connectivity index (χ1v) is 8.21. The number of nitriles is 1. The first kappa shape index (κ1) is 15.8. The summed E-state index contributed by atoms with van der Waals surface area (Å²) in [5, 5.41) is 15.1. The van der Waals surface area contributed by atoms with Crippen LogP contribution in [0.1, 0.15) is 39.5 Å². The predicted octanol–water partition coefficient (Wildman–Crippen LogP) is 3.45. The fourth-order valence-electron chi connectivity index (χ4n) is 3.07. The summed E-state index contributed by atoms with van der Waals surface area (Å²) >= 11 is 0. The molecule has 0 saturated heterocycles. The molecule has 26 heavy (non-hydrogen) atoms. The fraction of sp³-hybridized carbons (Fsp3) is 0.100. The summed E-state index contributed by atoms with van der Waals surface area (Å²) in [5.74, 6) is 0.580. The van der Waals surface area contributed by atoms with Crippen molar-refractivity contribution in [2.24, 2.45) is 5.10 Å². The third kappa shape index (κ3) is 2.87. The Bertz CT molecular complexity index is 999. The van der Waals surface area contributed by atoms with Gasteiger partial charge in [-0.3, -0.25) is 4.79 Å². The van der Waals surface area contributed by atoms with Crippen molar-refractivity contribution < 1.29 is 4.79 Å². The number of anilines is 1. The van der Waals surface area contributed by atoms with Gasteiger partial charge in [-0.1, -0.05) is 36.4 Å². The number of aromatic nitrogens is 2. The van der Waals surface area contributed by atoms with Gasteiger partial charge in [-0.2, -0.15) is 10.4 Å². The molecule has 0 aliphatic carbocycles. The minimum Gasteiger partial charge on any atom is -0.329 e. The Morgan fingerprint density at radius 1 is 1.19 bits per heavy atom. The molecule has 1 atom stereocenters. The lowest BCUT2D eigenvalue weighted by molar-refractivity contribution is 0.0972. The molecule has 0 spiro atoms. The Labute approximate surface area is 150 Å².